The van der Waals surface area contributed by atoms with E-state index in [1.54, 1.807) is 26.4 Å². The first-order chi connectivity index (χ1) is 8.99. The highest BCUT2D eigenvalue weighted by Crippen LogP contribution is 2.13. The Morgan fingerprint density at radius 1 is 1.47 bits per heavy atom. The Kier molecular flexibility index (Phi) is 5.41. The Morgan fingerprint density at radius 3 is 2.74 bits per heavy atom. The zero-order valence-corrected chi connectivity index (χ0v) is 11.8. The average Bonchev–Trinajstić information content (AvgIpc) is 2.76. The van der Waals surface area contributed by atoms with Gasteiger partial charge in [-0.25, -0.2) is 0 Å². The van der Waals surface area contributed by atoms with Crippen LogP contribution in [0.4, 0.5) is 5.69 Å². The summed E-state index contributed by atoms with van der Waals surface area (Å²) in [6.45, 7) is 3.18. The van der Waals surface area contributed by atoms with Gasteiger partial charge in [0.2, 0.25) is 5.91 Å². The van der Waals surface area contributed by atoms with Gasteiger partial charge in [0.25, 0.3) is 5.91 Å². The lowest BCUT2D eigenvalue weighted by atomic mass is 10.3. The molecule has 0 radical (unpaired) electrons. The van der Waals surface area contributed by atoms with E-state index in [0.29, 0.717) is 24.3 Å². The van der Waals surface area contributed by atoms with Crippen LogP contribution in [0, 0.1) is 0 Å². The van der Waals surface area contributed by atoms with Crippen molar-refractivity contribution in [3.05, 3.63) is 18.0 Å². The largest absolute Gasteiger partial charge is 0.397 e. The summed E-state index contributed by atoms with van der Waals surface area (Å²) < 4.78 is 1.86. The summed E-state index contributed by atoms with van der Waals surface area (Å²) in [7, 11) is 3.27. The molecule has 0 aliphatic carbocycles. The predicted molar refractivity (Wildman–Crippen MR) is 74.8 cm³/mol. The van der Waals surface area contributed by atoms with E-state index >= 15 is 0 Å². The molecule has 0 saturated carbocycles. The summed E-state index contributed by atoms with van der Waals surface area (Å²) >= 11 is 0. The minimum absolute atomic E-state index is 0.0805. The summed E-state index contributed by atoms with van der Waals surface area (Å²) in [5, 5.41) is 2.53. The fraction of sp³-hybridized carbons (Fsp3) is 0.538. The number of amides is 2. The summed E-state index contributed by atoms with van der Waals surface area (Å²) in [5.41, 5.74) is 6.88. The smallest absolute Gasteiger partial charge is 0.270 e. The van der Waals surface area contributed by atoms with Crippen LogP contribution in [-0.4, -0.2) is 41.9 Å². The van der Waals surface area contributed by atoms with Crippen LogP contribution < -0.4 is 11.1 Å². The Morgan fingerprint density at radius 2 is 2.16 bits per heavy atom. The summed E-state index contributed by atoms with van der Waals surface area (Å²) in [6, 6.07) is 1.67. The maximum absolute atomic E-state index is 12.3. The molecule has 6 nitrogen and oxygen atoms in total. The third-order valence-corrected chi connectivity index (χ3v) is 2.90. The van der Waals surface area contributed by atoms with Crippen LogP contribution in [0.1, 0.15) is 30.3 Å². The van der Waals surface area contributed by atoms with Crippen molar-refractivity contribution >= 4 is 17.5 Å². The quantitative estimate of drug-likeness (QED) is 0.795. The van der Waals surface area contributed by atoms with Crippen LogP contribution in [0.15, 0.2) is 12.3 Å². The molecular formula is C13H22N4O2. The van der Waals surface area contributed by atoms with Gasteiger partial charge in [-0.15, -0.1) is 0 Å². The first-order valence-corrected chi connectivity index (χ1v) is 6.41. The van der Waals surface area contributed by atoms with E-state index in [9.17, 15) is 9.59 Å². The molecule has 6 heteroatoms. The number of nitrogens with two attached hydrogens (primary N) is 1. The lowest BCUT2D eigenvalue weighted by molar-refractivity contribution is -0.120. The average molecular weight is 266 g/mol. The third-order valence-electron chi connectivity index (χ3n) is 2.90. The maximum Gasteiger partial charge on any atom is 0.270 e. The van der Waals surface area contributed by atoms with Gasteiger partial charge in [0.05, 0.1) is 5.69 Å². The van der Waals surface area contributed by atoms with Gasteiger partial charge in [-0.1, -0.05) is 6.92 Å². The monoisotopic (exact) mass is 266 g/mol. The summed E-state index contributed by atoms with van der Waals surface area (Å²) in [5.74, 6) is -0.197. The minimum atomic E-state index is -0.117. The molecule has 0 spiro atoms. The molecule has 106 valence electrons. The molecule has 1 aromatic heterocycles. The molecule has 1 heterocycles. The molecule has 0 unspecified atom stereocenters. The van der Waals surface area contributed by atoms with Crippen molar-refractivity contribution in [1.29, 1.82) is 0 Å². The fourth-order valence-electron chi connectivity index (χ4n) is 1.83. The van der Waals surface area contributed by atoms with Crippen LogP contribution in [0.3, 0.4) is 0 Å². The highest BCUT2D eigenvalue weighted by Gasteiger charge is 2.17. The van der Waals surface area contributed by atoms with Crippen LogP contribution in [0.5, 0.6) is 0 Å². The van der Waals surface area contributed by atoms with Crippen molar-refractivity contribution in [2.75, 3.05) is 26.4 Å². The fourth-order valence-corrected chi connectivity index (χ4v) is 1.83. The molecule has 1 rings (SSSR count). The van der Waals surface area contributed by atoms with Gasteiger partial charge >= 0.3 is 0 Å². The van der Waals surface area contributed by atoms with E-state index in [-0.39, 0.29) is 11.8 Å². The van der Waals surface area contributed by atoms with Crippen LogP contribution in [0.2, 0.25) is 0 Å². The van der Waals surface area contributed by atoms with Crippen molar-refractivity contribution in [3.63, 3.8) is 0 Å². The van der Waals surface area contributed by atoms with Crippen LogP contribution in [0.25, 0.3) is 0 Å². The van der Waals surface area contributed by atoms with Gasteiger partial charge in [-0.2, -0.15) is 0 Å². The molecule has 0 fully saturated rings. The summed E-state index contributed by atoms with van der Waals surface area (Å²) in [4.78, 5) is 25.0. The lowest BCUT2D eigenvalue weighted by Gasteiger charge is -2.17. The highest BCUT2D eigenvalue weighted by molar-refractivity contribution is 5.94. The number of carbonyl (C=O) groups is 2. The molecule has 0 aromatic carbocycles. The Hall–Kier alpha value is -1.98. The number of hydrogen-bond acceptors (Lipinski definition) is 3. The molecule has 0 aliphatic rings. The van der Waals surface area contributed by atoms with Gasteiger partial charge in [0.15, 0.2) is 0 Å². The van der Waals surface area contributed by atoms with Gasteiger partial charge < -0.3 is 20.5 Å². The van der Waals surface area contributed by atoms with Gasteiger partial charge in [-0.3, -0.25) is 9.59 Å². The van der Waals surface area contributed by atoms with Crippen molar-refractivity contribution < 1.29 is 9.59 Å². The first-order valence-electron chi connectivity index (χ1n) is 6.41. The van der Waals surface area contributed by atoms with E-state index in [1.807, 2.05) is 11.5 Å². The molecule has 0 aliphatic heterocycles. The van der Waals surface area contributed by atoms with Crippen molar-refractivity contribution in [2.24, 2.45) is 0 Å². The molecule has 0 bridgehead atoms. The number of anilines is 1. The predicted octanol–water partition coefficient (Wildman–Crippen LogP) is 0.688. The number of aromatic nitrogens is 1. The normalized spacial score (nSPS) is 10.3. The summed E-state index contributed by atoms with van der Waals surface area (Å²) in [6.07, 6.45) is 2.99. The van der Waals surface area contributed by atoms with Crippen LogP contribution in [-0.2, 0) is 11.3 Å². The van der Waals surface area contributed by atoms with E-state index in [0.717, 1.165) is 13.0 Å². The van der Waals surface area contributed by atoms with E-state index in [2.05, 4.69) is 5.32 Å². The second kappa shape index (κ2) is 6.82. The lowest BCUT2D eigenvalue weighted by Crippen LogP contribution is -2.32. The number of nitrogens with zero attached hydrogens (tertiary/aromatic N) is 2. The Bertz CT molecular complexity index is 453. The molecule has 1 aromatic rings. The molecule has 3 N–H and O–H groups in total. The van der Waals surface area contributed by atoms with Crippen molar-refractivity contribution in [2.45, 2.75) is 26.3 Å². The maximum atomic E-state index is 12.3. The second-order valence-corrected chi connectivity index (χ2v) is 4.50. The zero-order valence-electron chi connectivity index (χ0n) is 11.8. The van der Waals surface area contributed by atoms with E-state index in [4.69, 9.17) is 5.73 Å². The van der Waals surface area contributed by atoms with Gasteiger partial charge in [-0.05, 0) is 12.5 Å². The molecular weight excluding hydrogens is 244 g/mol. The molecule has 0 atom stereocenters. The number of nitrogen functional groups attached to an aromatic ring is 1. The Balaban J connectivity index is 2.73. The third kappa shape index (κ3) is 4.01. The van der Waals surface area contributed by atoms with Crippen molar-refractivity contribution in [3.8, 4) is 0 Å². The highest BCUT2D eigenvalue weighted by atomic mass is 16.2. The second-order valence-electron chi connectivity index (χ2n) is 4.50. The van der Waals surface area contributed by atoms with Crippen LogP contribution >= 0.6 is 0 Å². The Labute approximate surface area is 113 Å². The zero-order chi connectivity index (χ0) is 14.4. The molecule has 0 saturated heterocycles. The number of hydrogen-bond donors (Lipinski definition) is 2. The SMILES string of the molecule is CCCn1cc(N)cc1C(=O)N(C)CCC(=O)NC. The van der Waals surface area contributed by atoms with E-state index < -0.39 is 0 Å². The molecule has 2 amide bonds. The first kappa shape index (κ1) is 15.1. The number of nitrogens with one attached hydrogen (secondary N) is 1. The topological polar surface area (TPSA) is 80.4 Å². The number of aryl methyl sites for hydroxylation is 1. The van der Waals surface area contributed by atoms with E-state index in [1.165, 1.54) is 4.90 Å². The van der Waals surface area contributed by atoms with Gasteiger partial charge in [0, 0.05) is 39.8 Å². The van der Waals surface area contributed by atoms with Crippen molar-refractivity contribution in [1.82, 2.24) is 14.8 Å². The molecule has 19 heavy (non-hydrogen) atoms. The van der Waals surface area contributed by atoms with Gasteiger partial charge in [0.1, 0.15) is 5.69 Å². The number of carbonyl (C=O) groups excluding carboxylic acids is 2. The number of rotatable bonds is 6. The standard InChI is InChI=1S/C13H22N4O2/c1-4-6-17-9-10(14)8-11(17)13(19)16(3)7-5-12(18)15-2/h8-9H,4-7,14H2,1-3H3,(H,15,18). The minimum Gasteiger partial charge on any atom is -0.397 e.